The van der Waals surface area contributed by atoms with E-state index in [1.807, 2.05) is 25.1 Å². The molecule has 1 aliphatic heterocycles. The molecule has 5 nitrogen and oxygen atoms in total. The summed E-state index contributed by atoms with van der Waals surface area (Å²) in [6, 6.07) is 13.2. The lowest BCUT2D eigenvalue weighted by atomic mass is 10.1. The first-order valence-electron chi connectivity index (χ1n) is 9.38. The number of nitrogens with one attached hydrogen (secondary N) is 1. The number of amides is 1. The van der Waals surface area contributed by atoms with Gasteiger partial charge in [-0.3, -0.25) is 14.6 Å². The van der Waals surface area contributed by atoms with E-state index in [2.05, 4.69) is 32.5 Å². The van der Waals surface area contributed by atoms with Crippen LogP contribution in [-0.2, 0) is 11.3 Å². The molecule has 0 spiro atoms. The quantitative estimate of drug-likeness (QED) is 0.524. The van der Waals surface area contributed by atoms with Gasteiger partial charge in [-0.2, -0.15) is 5.10 Å². The number of hydrogen-bond donors (Lipinski definition) is 1. The van der Waals surface area contributed by atoms with E-state index in [0.717, 1.165) is 43.3 Å². The van der Waals surface area contributed by atoms with Crippen LogP contribution in [0.25, 0.3) is 0 Å². The summed E-state index contributed by atoms with van der Waals surface area (Å²) in [6.07, 6.45) is 0. The molecule has 3 rings (SSSR count). The Morgan fingerprint density at radius 1 is 0.966 bits per heavy atom. The van der Waals surface area contributed by atoms with E-state index in [-0.39, 0.29) is 5.91 Å². The lowest BCUT2D eigenvalue weighted by Crippen LogP contribution is -2.48. The van der Waals surface area contributed by atoms with Crippen molar-refractivity contribution in [1.29, 1.82) is 0 Å². The van der Waals surface area contributed by atoms with Gasteiger partial charge in [0.2, 0.25) is 0 Å². The third-order valence-corrected chi connectivity index (χ3v) is 5.83. The summed E-state index contributed by atoms with van der Waals surface area (Å²) in [7, 11) is 0. The Bertz CT molecular complexity index is 878. The van der Waals surface area contributed by atoms with E-state index in [1.165, 1.54) is 5.56 Å². The predicted octanol–water partition coefficient (Wildman–Crippen LogP) is 4.30. The molecule has 0 radical (unpaired) electrons. The molecule has 0 saturated carbocycles. The zero-order valence-corrected chi connectivity index (χ0v) is 18.4. The highest BCUT2D eigenvalue weighted by Gasteiger charge is 2.19. The molecule has 1 N–H and O–H groups in total. The van der Waals surface area contributed by atoms with E-state index in [0.29, 0.717) is 22.3 Å². The van der Waals surface area contributed by atoms with Gasteiger partial charge in [-0.15, -0.1) is 0 Å². The van der Waals surface area contributed by atoms with Crippen molar-refractivity contribution in [3.63, 3.8) is 0 Å². The van der Waals surface area contributed by atoms with E-state index >= 15 is 0 Å². The number of carbonyl (C=O) groups excluding carboxylic acids is 1. The molecule has 8 heteroatoms. The summed E-state index contributed by atoms with van der Waals surface area (Å²) < 4.78 is 0. The van der Waals surface area contributed by atoms with Crippen molar-refractivity contribution < 1.29 is 4.79 Å². The molecule has 1 heterocycles. The summed E-state index contributed by atoms with van der Waals surface area (Å²) in [6.45, 7) is 6.56. The van der Waals surface area contributed by atoms with Crippen LogP contribution in [0, 0.1) is 0 Å². The highest BCUT2D eigenvalue weighted by atomic mass is 35.5. The standard InChI is InChI=1S/C21H23Cl3N4O/c1-15(17-4-7-19(23)20(24)12-17)25-26-21(29)14-28-10-8-27(9-11-28)13-16-2-5-18(22)6-3-16/h2-7,12H,8-11,13-14H2,1H3,(H,26,29)/b25-15+. The molecule has 2 aromatic carbocycles. The fourth-order valence-corrected chi connectivity index (χ4v) is 3.55. The van der Waals surface area contributed by atoms with Crippen LogP contribution in [0.15, 0.2) is 47.6 Å². The molecule has 29 heavy (non-hydrogen) atoms. The molecule has 0 atom stereocenters. The van der Waals surface area contributed by atoms with Crippen molar-refractivity contribution >= 4 is 46.4 Å². The van der Waals surface area contributed by atoms with Gasteiger partial charge in [-0.05, 0) is 42.3 Å². The first-order chi connectivity index (χ1) is 13.9. The van der Waals surface area contributed by atoms with Crippen molar-refractivity contribution in [3.8, 4) is 0 Å². The highest BCUT2D eigenvalue weighted by molar-refractivity contribution is 6.42. The molecule has 0 aliphatic carbocycles. The molecule has 154 valence electrons. The largest absolute Gasteiger partial charge is 0.297 e. The van der Waals surface area contributed by atoms with E-state index in [9.17, 15) is 4.79 Å². The smallest absolute Gasteiger partial charge is 0.254 e. The summed E-state index contributed by atoms with van der Waals surface area (Å²) in [5.41, 5.74) is 5.35. The predicted molar refractivity (Wildman–Crippen MR) is 120 cm³/mol. The molecular formula is C21H23Cl3N4O. The van der Waals surface area contributed by atoms with E-state index < -0.39 is 0 Å². The number of nitrogens with zero attached hydrogens (tertiary/aromatic N) is 3. The summed E-state index contributed by atoms with van der Waals surface area (Å²) in [5.74, 6) is -0.129. The molecular weight excluding hydrogens is 431 g/mol. The van der Waals surface area contributed by atoms with Crippen LogP contribution in [0.4, 0.5) is 0 Å². The Morgan fingerprint density at radius 2 is 1.62 bits per heavy atom. The van der Waals surface area contributed by atoms with Crippen LogP contribution in [0.2, 0.25) is 15.1 Å². The molecule has 1 aliphatic rings. The van der Waals surface area contributed by atoms with Crippen LogP contribution in [0.5, 0.6) is 0 Å². The maximum absolute atomic E-state index is 12.2. The number of halogens is 3. The molecule has 1 saturated heterocycles. The first kappa shape index (κ1) is 22.1. The lowest BCUT2D eigenvalue weighted by molar-refractivity contribution is -0.122. The number of piperazine rings is 1. The van der Waals surface area contributed by atoms with Gasteiger partial charge in [-0.1, -0.05) is 53.0 Å². The van der Waals surface area contributed by atoms with Crippen LogP contribution >= 0.6 is 34.8 Å². The summed E-state index contributed by atoms with van der Waals surface area (Å²) in [4.78, 5) is 16.8. The van der Waals surface area contributed by atoms with Crippen LogP contribution in [-0.4, -0.2) is 54.1 Å². The van der Waals surface area contributed by atoms with Gasteiger partial charge in [0.05, 0.1) is 22.3 Å². The minimum atomic E-state index is -0.129. The number of carbonyl (C=O) groups is 1. The summed E-state index contributed by atoms with van der Waals surface area (Å²) in [5, 5.41) is 5.88. The number of hydrazone groups is 1. The second-order valence-electron chi connectivity index (χ2n) is 7.04. The van der Waals surface area contributed by atoms with Crippen molar-refractivity contribution in [3.05, 3.63) is 68.7 Å². The zero-order chi connectivity index (χ0) is 20.8. The first-order valence-corrected chi connectivity index (χ1v) is 10.5. The van der Waals surface area contributed by atoms with Crippen LogP contribution in [0.3, 0.4) is 0 Å². The van der Waals surface area contributed by atoms with E-state index in [4.69, 9.17) is 34.8 Å². The second kappa shape index (κ2) is 10.4. The average molecular weight is 454 g/mol. The van der Waals surface area contributed by atoms with Gasteiger partial charge >= 0.3 is 0 Å². The molecule has 2 aromatic rings. The molecule has 1 amide bonds. The normalized spacial score (nSPS) is 16.1. The third-order valence-electron chi connectivity index (χ3n) is 4.84. The highest BCUT2D eigenvalue weighted by Crippen LogP contribution is 2.22. The molecule has 0 bridgehead atoms. The molecule has 0 aromatic heterocycles. The second-order valence-corrected chi connectivity index (χ2v) is 8.29. The monoisotopic (exact) mass is 452 g/mol. The van der Waals surface area contributed by atoms with Crippen molar-refractivity contribution in [2.24, 2.45) is 5.10 Å². The Morgan fingerprint density at radius 3 is 2.28 bits per heavy atom. The third kappa shape index (κ3) is 6.69. The number of rotatable bonds is 6. The lowest BCUT2D eigenvalue weighted by Gasteiger charge is -2.34. The van der Waals surface area contributed by atoms with E-state index in [1.54, 1.807) is 12.1 Å². The number of benzene rings is 2. The minimum Gasteiger partial charge on any atom is -0.297 e. The fraction of sp³-hybridized carbons (Fsp3) is 0.333. The van der Waals surface area contributed by atoms with Gasteiger partial charge in [0.1, 0.15) is 0 Å². The van der Waals surface area contributed by atoms with Crippen LogP contribution in [0.1, 0.15) is 18.1 Å². The number of hydrogen-bond acceptors (Lipinski definition) is 4. The Hall–Kier alpha value is -1.63. The van der Waals surface area contributed by atoms with Gasteiger partial charge in [0.25, 0.3) is 5.91 Å². The molecule has 0 unspecified atom stereocenters. The Labute approximate surface area is 186 Å². The van der Waals surface area contributed by atoms with Gasteiger partial charge < -0.3 is 0 Å². The topological polar surface area (TPSA) is 47.9 Å². The fourth-order valence-electron chi connectivity index (χ4n) is 3.12. The van der Waals surface area contributed by atoms with Crippen molar-refractivity contribution in [2.45, 2.75) is 13.5 Å². The maximum atomic E-state index is 12.2. The van der Waals surface area contributed by atoms with Crippen molar-refractivity contribution in [2.75, 3.05) is 32.7 Å². The minimum absolute atomic E-state index is 0.129. The Balaban J connectivity index is 1.43. The maximum Gasteiger partial charge on any atom is 0.254 e. The Kier molecular flexibility index (Phi) is 7.92. The zero-order valence-electron chi connectivity index (χ0n) is 16.2. The van der Waals surface area contributed by atoms with Gasteiger partial charge in [0, 0.05) is 37.7 Å². The summed E-state index contributed by atoms with van der Waals surface area (Å²) >= 11 is 17.9. The van der Waals surface area contributed by atoms with Gasteiger partial charge in [0.15, 0.2) is 0 Å². The van der Waals surface area contributed by atoms with Crippen LogP contribution < -0.4 is 5.43 Å². The van der Waals surface area contributed by atoms with Gasteiger partial charge in [-0.25, -0.2) is 5.43 Å². The molecule has 1 fully saturated rings. The van der Waals surface area contributed by atoms with Crippen molar-refractivity contribution in [1.82, 2.24) is 15.2 Å². The SMILES string of the molecule is C/C(=N\NC(=O)CN1CCN(Cc2ccc(Cl)cc2)CC1)c1ccc(Cl)c(Cl)c1. The average Bonchev–Trinajstić information content (AvgIpc) is 2.71.